The molecule has 94 valence electrons. The first-order valence-electron chi connectivity index (χ1n) is 5.35. The van der Waals surface area contributed by atoms with Crippen LogP contribution in [0.4, 0.5) is 4.39 Å². The van der Waals surface area contributed by atoms with E-state index < -0.39 is 0 Å². The summed E-state index contributed by atoms with van der Waals surface area (Å²) in [5.74, 6) is -0.0918. The van der Waals surface area contributed by atoms with E-state index in [4.69, 9.17) is 4.74 Å². The van der Waals surface area contributed by atoms with Crippen molar-refractivity contribution in [3.05, 3.63) is 63.9 Å². The molecule has 0 saturated carbocycles. The summed E-state index contributed by atoms with van der Waals surface area (Å²) < 4.78 is 19.4. The molecule has 0 aromatic heterocycles. The van der Waals surface area contributed by atoms with Gasteiger partial charge in [-0.3, -0.25) is 0 Å². The van der Waals surface area contributed by atoms with Crippen LogP contribution in [0.15, 0.2) is 46.9 Å². The molecule has 2 rings (SSSR count). The lowest BCUT2D eigenvalue weighted by atomic mass is 10.0. The Balaban J connectivity index is 2.33. The number of methoxy groups -OCH3 is 1. The first kappa shape index (κ1) is 13.6. The van der Waals surface area contributed by atoms with Crippen LogP contribution in [0.1, 0.15) is 16.0 Å². The summed E-state index contributed by atoms with van der Waals surface area (Å²) in [5, 5.41) is 0. The number of halogens is 3. The predicted octanol–water partition coefficient (Wildman–Crippen LogP) is 5.08. The van der Waals surface area contributed by atoms with Gasteiger partial charge < -0.3 is 4.74 Å². The van der Waals surface area contributed by atoms with Gasteiger partial charge in [0.15, 0.2) is 11.6 Å². The van der Waals surface area contributed by atoms with Crippen molar-refractivity contribution in [1.29, 1.82) is 0 Å². The Morgan fingerprint density at radius 2 is 1.67 bits per heavy atom. The van der Waals surface area contributed by atoms with E-state index in [0.717, 1.165) is 15.6 Å². The molecule has 1 unspecified atom stereocenters. The van der Waals surface area contributed by atoms with Crippen LogP contribution in [0.25, 0.3) is 0 Å². The molecule has 0 radical (unpaired) electrons. The second-order valence-corrected chi connectivity index (χ2v) is 5.64. The van der Waals surface area contributed by atoms with Crippen molar-refractivity contribution in [3.63, 3.8) is 0 Å². The van der Waals surface area contributed by atoms with Crippen molar-refractivity contribution < 1.29 is 9.13 Å². The highest BCUT2D eigenvalue weighted by atomic mass is 79.9. The number of hydrogen-bond acceptors (Lipinski definition) is 1. The highest BCUT2D eigenvalue weighted by Gasteiger charge is 2.13. The minimum Gasteiger partial charge on any atom is -0.494 e. The fourth-order valence-corrected chi connectivity index (χ4v) is 2.51. The van der Waals surface area contributed by atoms with Crippen LogP contribution in [0.2, 0.25) is 0 Å². The highest BCUT2D eigenvalue weighted by Crippen LogP contribution is 2.33. The van der Waals surface area contributed by atoms with E-state index in [1.165, 1.54) is 13.2 Å². The van der Waals surface area contributed by atoms with Crippen molar-refractivity contribution >= 4 is 31.9 Å². The molecule has 2 aromatic carbocycles. The lowest BCUT2D eigenvalue weighted by Gasteiger charge is -2.12. The van der Waals surface area contributed by atoms with Gasteiger partial charge in [0.1, 0.15) is 0 Å². The minimum absolute atomic E-state index is 0.0140. The van der Waals surface area contributed by atoms with Gasteiger partial charge in [0.25, 0.3) is 0 Å². The molecule has 0 aliphatic rings. The van der Waals surface area contributed by atoms with Gasteiger partial charge in [0.2, 0.25) is 0 Å². The summed E-state index contributed by atoms with van der Waals surface area (Å²) >= 11 is 7.01. The molecule has 0 amide bonds. The molecule has 4 heteroatoms. The first-order chi connectivity index (χ1) is 8.61. The number of ether oxygens (including phenoxy) is 1. The highest BCUT2D eigenvalue weighted by molar-refractivity contribution is 9.10. The van der Waals surface area contributed by atoms with Crippen LogP contribution in [0.5, 0.6) is 5.75 Å². The Labute approximate surface area is 122 Å². The van der Waals surface area contributed by atoms with Crippen molar-refractivity contribution in [2.75, 3.05) is 7.11 Å². The SMILES string of the molecule is COc1cc(C(Br)c2ccc(Br)cc2)ccc1F. The smallest absolute Gasteiger partial charge is 0.165 e. The van der Waals surface area contributed by atoms with E-state index in [1.807, 2.05) is 24.3 Å². The molecule has 1 nitrogen and oxygen atoms in total. The number of rotatable bonds is 3. The van der Waals surface area contributed by atoms with Gasteiger partial charge in [0.05, 0.1) is 11.9 Å². The molecular formula is C14H11Br2FO. The number of benzene rings is 2. The van der Waals surface area contributed by atoms with E-state index in [9.17, 15) is 4.39 Å². The van der Waals surface area contributed by atoms with E-state index >= 15 is 0 Å². The average Bonchev–Trinajstić information content (AvgIpc) is 2.39. The molecule has 0 N–H and O–H groups in total. The Morgan fingerprint density at radius 3 is 2.28 bits per heavy atom. The average molecular weight is 374 g/mol. The molecule has 0 aliphatic carbocycles. The van der Waals surface area contributed by atoms with Crippen molar-refractivity contribution in [3.8, 4) is 5.75 Å². The second-order valence-electron chi connectivity index (χ2n) is 3.81. The second kappa shape index (κ2) is 5.85. The summed E-state index contributed by atoms with van der Waals surface area (Å²) in [4.78, 5) is 0.0140. The van der Waals surface area contributed by atoms with Gasteiger partial charge in [-0.15, -0.1) is 0 Å². The Kier molecular flexibility index (Phi) is 4.40. The summed E-state index contributed by atoms with van der Waals surface area (Å²) in [6.45, 7) is 0. The Bertz CT molecular complexity index is 540. The van der Waals surface area contributed by atoms with Crippen LogP contribution in [-0.4, -0.2) is 7.11 Å². The summed E-state index contributed by atoms with van der Waals surface area (Å²) in [6, 6.07) is 12.9. The van der Waals surface area contributed by atoms with Crippen molar-refractivity contribution in [1.82, 2.24) is 0 Å². The van der Waals surface area contributed by atoms with E-state index in [1.54, 1.807) is 12.1 Å². The van der Waals surface area contributed by atoms with Gasteiger partial charge in [-0.05, 0) is 35.4 Å². The van der Waals surface area contributed by atoms with Crippen molar-refractivity contribution in [2.24, 2.45) is 0 Å². The van der Waals surface area contributed by atoms with E-state index in [-0.39, 0.29) is 16.4 Å². The fourth-order valence-electron chi connectivity index (χ4n) is 1.66. The molecule has 0 aliphatic heterocycles. The first-order valence-corrected chi connectivity index (χ1v) is 7.05. The maximum atomic E-state index is 13.3. The molecule has 0 spiro atoms. The van der Waals surface area contributed by atoms with Crippen LogP contribution in [0.3, 0.4) is 0 Å². The normalized spacial score (nSPS) is 12.2. The molecule has 0 saturated heterocycles. The number of hydrogen-bond donors (Lipinski definition) is 0. The monoisotopic (exact) mass is 372 g/mol. The lowest BCUT2D eigenvalue weighted by Crippen LogP contribution is -1.95. The summed E-state index contributed by atoms with van der Waals surface area (Å²) in [5.41, 5.74) is 2.06. The van der Waals surface area contributed by atoms with Crippen LogP contribution in [-0.2, 0) is 0 Å². The van der Waals surface area contributed by atoms with Gasteiger partial charge in [-0.25, -0.2) is 4.39 Å². The zero-order valence-electron chi connectivity index (χ0n) is 9.66. The largest absolute Gasteiger partial charge is 0.494 e. The zero-order valence-corrected chi connectivity index (χ0v) is 12.8. The van der Waals surface area contributed by atoms with Crippen LogP contribution in [0, 0.1) is 5.82 Å². The summed E-state index contributed by atoms with van der Waals surface area (Å²) in [6.07, 6.45) is 0. The minimum atomic E-state index is -0.350. The molecule has 0 heterocycles. The molecular weight excluding hydrogens is 363 g/mol. The molecule has 2 aromatic rings. The predicted molar refractivity (Wildman–Crippen MR) is 77.9 cm³/mol. The van der Waals surface area contributed by atoms with Crippen LogP contribution < -0.4 is 4.74 Å². The Hall–Kier alpha value is -0.870. The van der Waals surface area contributed by atoms with Gasteiger partial charge >= 0.3 is 0 Å². The lowest BCUT2D eigenvalue weighted by molar-refractivity contribution is 0.386. The standard InChI is InChI=1S/C14H11Br2FO/c1-18-13-8-10(4-7-12(13)17)14(16)9-2-5-11(15)6-3-9/h2-8,14H,1H3. The maximum Gasteiger partial charge on any atom is 0.165 e. The third-order valence-corrected chi connectivity index (χ3v) is 4.22. The van der Waals surface area contributed by atoms with Gasteiger partial charge in [-0.1, -0.05) is 50.1 Å². The topological polar surface area (TPSA) is 9.23 Å². The third kappa shape index (κ3) is 2.93. The summed E-state index contributed by atoms with van der Waals surface area (Å²) in [7, 11) is 1.46. The van der Waals surface area contributed by atoms with E-state index in [0.29, 0.717) is 0 Å². The van der Waals surface area contributed by atoms with Gasteiger partial charge in [0, 0.05) is 4.47 Å². The van der Waals surface area contributed by atoms with Crippen molar-refractivity contribution in [2.45, 2.75) is 4.83 Å². The molecule has 1 atom stereocenters. The molecule has 0 fully saturated rings. The van der Waals surface area contributed by atoms with E-state index in [2.05, 4.69) is 31.9 Å². The Morgan fingerprint density at radius 1 is 1.06 bits per heavy atom. The fraction of sp³-hybridized carbons (Fsp3) is 0.143. The molecule has 18 heavy (non-hydrogen) atoms. The molecule has 0 bridgehead atoms. The maximum absolute atomic E-state index is 13.3. The quantitative estimate of drug-likeness (QED) is 0.681. The third-order valence-electron chi connectivity index (χ3n) is 2.63. The number of alkyl halides is 1. The van der Waals surface area contributed by atoms with Crippen LogP contribution >= 0.6 is 31.9 Å². The zero-order chi connectivity index (χ0) is 13.1. The van der Waals surface area contributed by atoms with Gasteiger partial charge in [-0.2, -0.15) is 0 Å².